The maximum atomic E-state index is 10.0. The number of thioether (sulfide) groups is 3. The van der Waals surface area contributed by atoms with Crippen LogP contribution in [0.25, 0.3) is 0 Å². The number of esters is 1. The van der Waals surface area contributed by atoms with Crippen LogP contribution in [-0.2, 0) is 23.8 Å². The summed E-state index contributed by atoms with van der Waals surface area (Å²) >= 11 is 4.17. The minimum Gasteiger partial charge on any atom is -0.469 e. The van der Waals surface area contributed by atoms with Crippen molar-refractivity contribution < 1.29 is 33.4 Å². The van der Waals surface area contributed by atoms with Crippen LogP contribution in [0.15, 0.2) is 0 Å². The largest absolute Gasteiger partial charge is 0.469 e. The molecule has 0 rings (SSSR count). The number of nitrogens with one attached hydrogen (secondary N) is 2. The first-order valence-electron chi connectivity index (χ1n) is 7.40. The van der Waals surface area contributed by atoms with Crippen LogP contribution in [0.1, 0.15) is 13.8 Å². The van der Waals surface area contributed by atoms with Gasteiger partial charge in [0, 0.05) is 42.2 Å². The summed E-state index contributed by atoms with van der Waals surface area (Å²) in [5.41, 5.74) is 0. The highest BCUT2D eigenvalue weighted by Crippen LogP contribution is 1.89. The van der Waals surface area contributed by atoms with Gasteiger partial charge in [-0.15, -0.1) is 0 Å². The Morgan fingerprint density at radius 2 is 1.00 bits per heavy atom. The third-order valence-corrected chi connectivity index (χ3v) is 2.50. The minimum absolute atomic E-state index is 0.00926. The van der Waals surface area contributed by atoms with Crippen molar-refractivity contribution in [3.8, 4) is 0 Å². The van der Waals surface area contributed by atoms with Crippen molar-refractivity contribution in [3.63, 3.8) is 0 Å². The first-order valence-corrected chi connectivity index (χ1v) is 11.5. The Morgan fingerprint density at radius 1 is 0.714 bits per heavy atom. The molecule has 0 aliphatic rings. The van der Waals surface area contributed by atoms with E-state index in [4.69, 9.17) is 0 Å². The van der Waals surface area contributed by atoms with E-state index in [1.807, 2.05) is 12.5 Å². The number of carbonyl (C=O) groups is 4. The quantitative estimate of drug-likeness (QED) is 0.515. The van der Waals surface area contributed by atoms with E-state index in [-0.39, 0.29) is 16.3 Å². The molecular formula is C16H38N2O7S3. The standard InChI is InChI=1S/C3H7NO2.C3H7NOS.C3H6O2.C3H6OS.C2H6O.C2H6S/c2*1-4-3(5)6-2;2*1-3(4)5-2;2*1-3-2/h2*1-2H3,(H,4,5);2*1-2H3;2*1-2H3. The maximum Gasteiger partial charge on any atom is 0.406 e. The Balaban J connectivity index is -0.0000000529. The summed E-state index contributed by atoms with van der Waals surface area (Å²) in [6.07, 6.45) is 7.18. The number of alkyl carbamates (subject to hydrolysis) is 1. The lowest BCUT2D eigenvalue weighted by Gasteiger charge is -1.90. The minimum atomic E-state index is -0.407. The van der Waals surface area contributed by atoms with E-state index >= 15 is 0 Å². The average molecular weight is 467 g/mol. The Labute approximate surface area is 183 Å². The molecule has 0 fully saturated rings. The highest BCUT2D eigenvalue weighted by molar-refractivity contribution is 8.13. The van der Waals surface area contributed by atoms with Crippen molar-refractivity contribution >= 4 is 57.7 Å². The van der Waals surface area contributed by atoms with Crippen LogP contribution in [0.2, 0.25) is 0 Å². The van der Waals surface area contributed by atoms with Crippen LogP contribution in [0.5, 0.6) is 0 Å². The first kappa shape index (κ1) is 41.3. The Bertz CT molecular complexity index is 304. The van der Waals surface area contributed by atoms with Crippen molar-refractivity contribution in [2.24, 2.45) is 0 Å². The van der Waals surface area contributed by atoms with Gasteiger partial charge in [-0.2, -0.15) is 11.8 Å². The second-order valence-electron chi connectivity index (χ2n) is 3.69. The molecule has 0 aromatic carbocycles. The molecule has 12 heteroatoms. The third kappa shape index (κ3) is 120. The average Bonchev–Trinajstić information content (AvgIpc) is 2.69. The van der Waals surface area contributed by atoms with Gasteiger partial charge in [0.05, 0.1) is 14.2 Å². The summed E-state index contributed by atoms with van der Waals surface area (Å²) in [7, 11) is 9.03. The second kappa shape index (κ2) is 44.9. The van der Waals surface area contributed by atoms with Gasteiger partial charge in [0.1, 0.15) is 0 Å². The molecule has 0 aliphatic heterocycles. The van der Waals surface area contributed by atoms with E-state index < -0.39 is 6.09 Å². The number of rotatable bonds is 0. The van der Waals surface area contributed by atoms with Gasteiger partial charge in [-0.25, -0.2) is 4.79 Å². The molecule has 0 atom stereocenters. The number of hydrogen-bond acceptors (Lipinski definition) is 10. The first-order chi connectivity index (χ1) is 13.0. The molecule has 9 nitrogen and oxygen atoms in total. The van der Waals surface area contributed by atoms with Gasteiger partial charge in [-0.05, 0) is 25.0 Å². The van der Waals surface area contributed by atoms with Gasteiger partial charge in [-0.1, -0.05) is 23.5 Å². The predicted molar refractivity (Wildman–Crippen MR) is 124 cm³/mol. The van der Waals surface area contributed by atoms with Crippen molar-refractivity contribution in [1.82, 2.24) is 10.6 Å². The van der Waals surface area contributed by atoms with E-state index in [0.717, 1.165) is 0 Å². The van der Waals surface area contributed by atoms with Gasteiger partial charge in [0.25, 0.3) is 5.24 Å². The molecular weight excluding hydrogens is 428 g/mol. The van der Waals surface area contributed by atoms with E-state index in [0.29, 0.717) is 0 Å². The lowest BCUT2D eigenvalue weighted by Crippen LogP contribution is -2.16. The van der Waals surface area contributed by atoms with Gasteiger partial charge in [-0.3, -0.25) is 14.4 Å². The van der Waals surface area contributed by atoms with Crippen LogP contribution >= 0.6 is 35.3 Å². The second-order valence-corrected chi connectivity index (χ2v) is 6.27. The highest BCUT2D eigenvalue weighted by Gasteiger charge is 1.85. The van der Waals surface area contributed by atoms with Crippen molar-refractivity contribution in [2.45, 2.75) is 13.8 Å². The fourth-order valence-electron chi connectivity index (χ4n) is 0.204. The SMILES string of the molecule is CNC(=O)OC.CNC(=O)SC.COC.COC(C)=O.CSC.CSC(C)=O. The summed E-state index contributed by atoms with van der Waals surface area (Å²) in [4.78, 5) is 39.2. The molecule has 0 aliphatic carbocycles. The van der Waals surface area contributed by atoms with Crippen molar-refractivity contribution in [3.05, 3.63) is 0 Å². The molecule has 0 aromatic rings. The third-order valence-electron chi connectivity index (χ3n) is 1.35. The molecule has 0 bridgehead atoms. The topological polar surface area (TPSA) is 120 Å². The molecule has 28 heavy (non-hydrogen) atoms. The van der Waals surface area contributed by atoms with E-state index in [1.165, 1.54) is 51.7 Å². The number of methoxy groups -OCH3 is 3. The van der Waals surface area contributed by atoms with Crippen LogP contribution in [0.3, 0.4) is 0 Å². The van der Waals surface area contributed by atoms with E-state index in [1.54, 1.807) is 52.5 Å². The fraction of sp³-hybridized carbons (Fsp3) is 0.750. The molecule has 0 aromatic heterocycles. The number of amides is 2. The summed E-state index contributed by atoms with van der Waals surface area (Å²) in [6.45, 7) is 2.91. The van der Waals surface area contributed by atoms with Crippen LogP contribution < -0.4 is 10.6 Å². The van der Waals surface area contributed by atoms with E-state index in [9.17, 15) is 19.2 Å². The monoisotopic (exact) mass is 466 g/mol. The summed E-state index contributed by atoms with van der Waals surface area (Å²) < 4.78 is 12.5. The van der Waals surface area contributed by atoms with E-state index in [2.05, 4.69) is 24.8 Å². The molecule has 0 heterocycles. The normalized spacial score (nSPS) is 7.00. The zero-order chi connectivity index (χ0) is 24.0. The summed E-state index contributed by atoms with van der Waals surface area (Å²) in [5.74, 6) is -0.245. The smallest absolute Gasteiger partial charge is 0.406 e. The molecule has 2 N–H and O–H groups in total. The summed E-state index contributed by atoms with van der Waals surface area (Å²) in [6, 6.07) is 0. The van der Waals surface area contributed by atoms with Crippen molar-refractivity contribution in [2.75, 3.05) is 67.6 Å². The van der Waals surface area contributed by atoms with Crippen LogP contribution in [0, 0.1) is 0 Å². The predicted octanol–water partition coefficient (Wildman–Crippen LogP) is 2.98. The zero-order valence-corrected chi connectivity index (χ0v) is 21.5. The molecule has 0 saturated carbocycles. The number of carbonyl (C=O) groups excluding carboxylic acids is 4. The van der Waals surface area contributed by atoms with Gasteiger partial charge in [0.15, 0.2) is 5.12 Å². The lowest BCUT2D eigenvalue weighted by molar-refractivity contribution is -0.137. The molecule has 0 saturated heterocycles. The Morgan fingerprint density at radius 3 is 1.00 bits per heavy atom. The Hall–Kier alpha value is -1.11. The molecule has 2 amide bonds. The number of hydrogen-bond donors (Lipinski definition) is 2. The molecule has 0 radical (unpaired) electrons. The van der Waals surface area contributed by atoms with Gasteiger partial charge in [0.2, 0.25) is 0 Å². The molecule has 172 valence electrons. The molecule has 0 unspecified atom stereocenters. The zero-order valence-electron chi connectivity index (χ0n) is 19.1. The van der Waals surface area contributed by atoms with Gasteiger partial charge < -0.3 is 24.8 Å². The summed E-state index contributed by atoms with van der Waals surface area (Å²) in [5, 5.41) is 4.87. The highest BCUT2D eigenvalue weighted by atomic mass is 32.2. The number of ether oxygens (including phenoxy) is 3. The maximum absolute atomic E-state index is 10.0. The van der Waals surface area contributed by atoms with Crippen LogP contribution in [0.4, 0.5) is 9.59 Å². The van der Waals surface area contributed by atoms with Crippen molar-refractivity contribution in [1.29, 1.82) is 0 Å². The molecule has 0 spiro atoms. The lowest BCUT2D eigenvalue weighted by atomic mass is 10.8. The fourth-order valence-corrected chi connectivity index (χ4v) is 0.408. The van der Waals surface area contributed by atoms with Crippen LogP contribution in [-0.4, -0.2) is 90.0 Å². The van der Waals surface area contributed by atoms with Gasteiger partial charge >= 0.3 is 12.1 Å². The Kier molecular flexibility index (Phi) is 66.3.